The van der Waals surface area contributed by atoms with Crippen LogP contribution in [0.4, 0.5) is 5.69 Å². The van der Waals surface area contributed by atoms with Gasteiger partial charge in [-0.15, -0.1) is 0 Å². The number of methoxy groups -OCH3 is 1. The molecule has 1 aromatic carbocycles. The number of carbonyl (C=O) groups is 1. The van der Waals surface area contributed by atoms with Crippen molar-refractivity contribution in [3.63, 3.8) is 0 Å². The molecule has 0 amide bonds. The minimum atomic E-state index is -0.343. The molecule has 0 bridgehead atoms. The molecule has 3 rings (SSSR count). The van der Waals surface area contributed by atoms with Gasteiger partial charge in [-0.05, 0) is 36.6 Å². The molecule has 1 aromatic heterocycles. The number of para-hydroxylation sites is 1. The Hall–Kier alpha value is -2.23. The van der Waals surface area contributed by atoms with Crippen LogP contribution in [0, 0.1) is 5.92 Å². The van der Waals surface area contributed by atoms with Crippen LogP contribution in [0.25, 0.3) is 0 Å². The summed E-state index contributed by atoms with van der Waals surface area (Å²) in [6.07, 6.45) is 1.21. The first-order chi connectivity index (χ1) is 10.2. The standard InChI is InChI=1S/C17H19NO3/c1-11-9-14(11)16-8-7-12(21-16)10-18-15-6-4-3-5-13(15)17(19)20-2/h3-8,11,14,18H,9-10H2,1-2H3. The first-order valence-electron chi connectivity index (χ1n) is 7.19. The van der Waals surface area contributed by atoms with Gasteiger partial charge in [-0.1, -0.05) is 19.1 Å². The van der Waals surface area contributed by atoms with Gasteiger partial charge >= 0.3 is 5.97 Å². The predicted octanol–water partition coefficient (Wildman–Crippen LogP) is 3.80. The van der Waals surface area contributed by atoms with Crippen molar-refractivity contribution in [1.82, 2.24) is 0 Å². The van der Waals surface area contributed by atoms with E-state index >= 15 is 0 Å². The number of carbonyl (C=O) groups excluding carboxylic acids is 1. The molecule has 4 nitrogen and oxygen atoms in total. The van der Waals surface area contributed by atoms with Crippen LogP contribution in [0.15, 0.2) is 40.8 Å². The summed E-state index contributed by atoms with van der Waals surface area (Å²) in [5, 5.41) is 3.23. The average molecular weight is 285 g/mol. The van der Waals surface area contributed by atoms with E-state index in [9.17, 15) is 4.79 Å². The van der Waals surface area contributed by atoms with E-state index in [1.807, 2.05) is 24.3 Å². The van der Waals surface area contributed by atoms with Crippen LogP contribution in [-0.2, 0) is 11.3 Å². The molecule has 1 N–H and O–H groups in total. The zero-order valence-electron chi connectivity index (χ0n) is 12.3. The topological polar surface area (TPSA) is 51.5 Å². The number of ether oxygens (including phenoxy) is 1. The van der Waals surface area contributed by atoms with Crippen molar-refractivity contribution >= 4 is 11.7 Å². The Bertz CT molecular complexity index is 647. The Labute approximate surface area is 124 Å². The number of hydrogen-bond donors (Lipinski definition) is 1. The predicted molar refractivity (Wildman–Crippen MR) is 80.3 cm³/mol. The molecule has 1 heterocycles. The highest BCUT2D eigenvalue weighted by Crippen LogP contribution is 2.47. The molecule has 1 aliphatic rings. The van der Waals surface area contributed by atoms with Crippen LogP contribution in [0.5, 0.6) is 0 Å². The molecule has 21 heavy (non-hydrogen) atoms. The molecule has 1 saturated carbocycles. The highest BCUT2D eigenvalue weighted by atomic mass is 16.5. The number of anilines is 1. The average Bonchev–Trinajstić information content (AvgIpc) is 3.06. The summed E-state index contributed by atoms with van der Waals surface area (Å²) in [6, 6.07) is 11.4. The van der Waals surface area contributed by atoms with Gasteiger partial charge in [0.2, 0.25) is 0 Å². The van der Waals surface area contributed by atoms with Crippen molar-refractivity contribution in [2.24, 2.45) is 5.92 Å². The third-order valence-corrected chi connectivity index (χ3v) is 3.94. The number of esters is 1. The first-order valence-corrected chi connectivity index (χ1v) is 7.19. The lowest BCUT2D eigenvalue weighted by molar-refractivity contribution is 0.0602. The van der Waals surface area contributed by atoms with E-state index in [4.69, 9.17) is 9.15 Å². The maximum Gasteiger partial charge on any atom is 0.339 e. The van der Waals surface area contributed by atoms with Crippen LogP contribution in [0.2, 0.25) is 0 Å². The van der Waals surface area contributed by atoms with Gasteiger partial charge in [-0.3, -0.25) is 0 Å². The fourth-order valence-corrected chi connectivity index (χ4v) is 2.51. The fraction of sp³-hybridized carbons (Fsp3) is 0.353. The lowest BCUT2D eigenvalue weighted by Gasteiger charge is -2.09. The molecular weight excluding hydrogens is 266 g/mol. The van der Waals surface area contributed by atoms with Gasteiger partial charge in [0.05, 0.1) is 19.2 Å². The number of furan rings is 1. The Morgan fingerprint density at radius 3 is 2.81 bits per heavy atom. The monoisotopic (exact) mass is 285 g/mol. The second-order valence-electron chi connectivity index (χ2n) is 5.51. The maximum absolute atomic E-state index is 11.7. The van der Waals surface area contributed by atoms with Crippen LogP contribution in [0.3, 0.4) is 0 Å². The maximum atomic E-state index is 11.7. The molecule has 2 aromatic rings. The van der Waals surface area contributed by atoms with Gasteiger partial charge < -0.3 is 14.5 Å². The second kappa shape index (κ2) is 5.64. The summed E-state index contributed by atoms with van der Waals surface area (Å²) < 4.78 is 10.6. The fourth-order valence-electron chi connectivity index (χ4n) is 2.51. The largest absolute Gasteiger partial charge is 0.465 e. The number of rotatable bonds is 5. The molecular formula is C17H19NO3. The summed E-state index contributed by atoms with van der Waals surface area (Å²) in [7, 11) is 1.38. The van der Waals surface area contributed by atoms with Crippen LogP contribution in [-0.4, -0.2) is 13.1 Å². The molecule has 1 fully saturated rings. The summed E-state index contributed by atoms with van der Waals surface area (Å²) in [4.78, 5) is 11.7. The van der Waals surface area contributed by atoms with Gasteiger partial charge in [-0.2, -0.15) is 0 Å². The Kier molecular flexibility index (Phi) is 3.69. The Morgan fingerprint density at radius 1 is 1.33 bits per heavy atom. The van der Waals surface area contributed by atoms with Crippen molar-refractivity contribution in [2.45, 2.75) is 25.8 Å². The van der Waals surface area contributed by atoms with E-state index in [-0.39, 0.29) is 5.97 Å². The molecule has 1 aliphatic carbocycles. The Balaban J connectivity index is 1.67. The summed E-state index contributed by atoms with van der Waals surface area (Å²) in [5.74, 6) is 2.92. The minimum absolute atomic E-state index is 0.343. The quantitative estimate of drug-likeness (QED) is 0.849. The summed E-state index contributed by atoms with van der Waals surface area (Å²) in [5.41, 5.74) is 1.28. The normalized spacial score (nSPS) is 20.1. The van der Waals surface area contributed by atoms with E-state index in [1.165, 1.54) is 13.5 Å². The van der Waals surface area contributed by atoms with Gasteiger partial charge in [0, 0.05) is 11.6 Å². The lowest BCUT2D eigenvalue weighted by atomic mass is 10.2. The first kappa shape index (κ1) is 13.7. The third-order valence-electron chi connectivity index (χ3n) is 3.94. The highest BCUT2D eigenvalue weighted by Gasteiger charge is 2.36. The number of hydrogen-bond acceptors (Lipinski definition) is 4. The zero-order valence-corrected chi connectivity index (χ0v) is 12.3. The molecule has 4 heteroatoms. The Morgan fingerprint density at radius 2 is 2.10 bits per heavy atom. The molecule has 2 atom stereocenters. The van der Waals surface area contributed by atoms with E-state index in [0.29, 0.717) is 18.0 Å². The van der Waals surface area contributed by atoms with Crippen molar-refractivity contribution < 1.29 is 13.9 Å². The van der Waals surface area contributed by atoms with Crippen molar-refractivity contribution in [1.29, 1.82) is 0 Å². The smallest absolute Gasteiger partial charge is 0.339 e. The third kappa shape index (κ3) is 2.94. The SMILES string of the molecule is COC(=O)c1ccccc1NCc1ccc(C2CC2C)o1. The number of benzene rings is 1. The zero-order chi connectivity index (χ0) is 14.8. The van der Waals surface area contributed by atoms with Crippen LogP contribution >= 0.6 is 0 Å². The van der Waals surface area contributed by atoms with Crippen LogP contribution < -0.4 is 5.32 Å². The van der Waals surface area contributed by atoms with Gasteiger partial charge in [0.15, 0.2) is 0 Å². The minimum Gasteiger partial charge on any atom is -0.465 e. The summed E-state index contributed by atoms with van der Waals surface area (Å²) in [6.45, 7) is 2.78. The molecule has 0 aliphatic heterocycles. The van der Waals surface area contributed by atoms with Crippen molar-refractivity contribution in [3.05, 3.63) is 53.5 Å². The van der Waals surface area contributed by atoms with E-state index in [2.05, 4.69) is 18.3 Å². The van der Waals surface area contributed by atoms with Crippen molar-refractivity contribution in [3.8, 4) is 0 Å². The van der Waals surface area contributed by atoms with E-state index < -0.39 is 0 Å². The van der Waals surface area contributed by atoms with Crippen LogP contribution in [0.1, 0.15) is 41.1 Å². The lowest BCUT2D eigenvalue weighted by Crippen LogP contribution is -2.07. The van der Waals surface area contributed by atoms with E-state index in [0.717, 1.165) is 23.1 Å². The molecule has 0 spiro atoms. The van der Waals surface area contributed by atoms with E-state index in [1.54, 1.807) is 6.07 Å². The molecule has 2 unspecified atom stereocenters. The van der Waals surface area contributed by atoms with Gasteiger partial charge in [0.25, 0.3) is 0 Å². The number of nitrogens with one attached hydrogen (secondary N) is 1. The van der Waals surface area contributed by atoms with Gasteiger partial charge in [-0.25, -0.2) is 4.79 Å². The van der Waals surface area contributed by atoms with Crippen molar-refractivity contribution in [2.75, 3.05) is 12.4 Å². The van der Waals surface area contributed by atoms with Gasteiger partial charge in [0.1, 0.15) is 11.5 Å². The second-order valence-corrected chi connectivity index (χ2v) is 5.51. The summed E-state index contributed by atoms with van der Waals surface area (Å²) >= 11 is 0. The molecule has 0 saturated heterocycles. The molecule has 0 radical (unpaired) electrons. The molecule has 110 valence electrons. The highest BCUT2D eigenvalue weighted by molar-refractivity contribution is 5.95.